The number of benzene rings is 7. The average Bonchev–Trinajstić information content (AvgIpc) is 4.05. The highest BCUT2D eigenvalue weighted by atomic mass is 15.3. The molecule has 55 heavy (non-hydrogen) atoms. The lowest BCUT2D eigenvalue weighted by Crippen LogP contribution is -2.11. The number of hydrogen-bond acceptors (Lipinski definition) is 0. The number of rotatable bonds is 5. The van der Waals surface area contributed by atoms with Crippen LogP contribution < -0.4 is 0 Å². The molecule has 0 aliphatic rings. The summed E-state index contributed by atoms with van der Waals surface area (Å²) in [6, 6.07) is 72.3. The molecule has 5 heterocycles. The largest absolute Gasteiger partial charge is 0.295 e. The summed E-state index contributed by atoms with van der Waals surface area (Å²) in [5.74, 6) is 2.11. The molecule has 5 aromatic heterocycles. The van der Waals surface area contributed by atoms with E-state index in [-0.39, 0.29) is 0 Å². The third kappa shape index (κ3) is 4.12. The first-order valence-corrected chi connectivity index (χ1v) is 18.8. The van der Waals surface area contributed by atoms with Gasteiger partial charge in [0.05, 0.1) is 22.1 Å². The van der Waals surface area contributed by atoms with Crippen molar-refractivity contribution in [2.45, 2.75) is 0 Å². The molecular formula is C50H33N5. The second-order valence-electron chi connectivity index (χ2n) is 14.2. The Hall–Kier alpha value is -7.50. The van der Waals surface area contributed by atoms with Crippen LogP contribution in [0.15, 0.2) is 200 Å². The van der Waals surface area contributed by atoms with E-state index in [2.05, 4.69) is 223 Å². The molecule has 0 aliphatic heterocycles. The van der Waals surface area contributed by atoms with Gasteiger partial charge in [-0.05, 0) is 72.8 Å². The van der Waals surface area contributed by atoms with E-state index in [1.165, 1.54) is 43.4 Å². The van der Waals surface area contributed by atoms with E-state index in [1.54, 1.807) is 0 Å². The van der Waals surface area contributed by atoms with Gasteiger partial charge in [-0.1, -0.05) is 127 Å². The molecule has 0 fully saturated rings. The van der Waals surface area contributed by atoms with Crippen LogP contribution in [0.2, 0.25) is 0 Å². The molecule has 0 spiro atoms. The summed E-state index contributed by atoms with van der Waals surface area (Å²) < 4.78 is 12.3. The topological polar surface area (TPSA) is 24.6 Å². The fourth-order valence-corrected chi connectivity index (χ4v) is 9.14. The van der Waals surface area contributed by atoms with Gasteiger partial charge in [-0.3, -0.25) is 22.8 Å². The molecule has 0 atom stereocenters. The number of fused-ring (bicyclic) bond motifs is 10. The van der Waals surface area contributed by atoms with E-state index in [4.69, 9.17) is 0 Å². The maximum atomic E-state index is 2.48. The van der Waals surface area contributed by atoms with Crippen LogP contribution in [-0.4, -0.2) is 22.8 Å². The van der Waals surface area contributed by atoms with Crippen LogP contribution in [0.1, 0.15) is 0 Å². The molecule has 0 saturated carbocycles. The molecule has 5 nitrogen and oxygen atoms in total. The zero-order valence-electron chi connectivity index (χ0n) is 29.8. The summed E-state index contributed by atoms with van der Waals surface area (Å²) >= 11 is 0. The van der Waals surface area contributed by atoms with E-state index in [9.17, 15) is 0 Å². The summed E-state index contributed by atoms with van der Waals surface area (Å²) in [6.07, 6.45) is 0. The van der Waals surface area contributed by atoms with Crippen LogP contribution in [0.5, 0.6) is 0 Å². The second-order valence-corrected chi connectivity index (χ2v) is 14.2. The highest BCUT2D eigenvalue weighted by Crippen LogP contribution is 2.44. The molecule has 12 rings (SSSR count). The van der Waals surface area contributed by atoms with Crippen LogP contribution in [0, 0.1) is 0 Å². The normalized spacial score (nSPS) is 12.0. The number of nitrogens with zero attached hydrogens (tertiary/aromatic N) is 5. The average molecular weight is 704 g/mol. The van der Waals surface area contributed by atoms with Gasteiger partial charge in [0, 0.05) is 49.4 Å². The van der Waals surface area contributed by atoms with Gasteiger partial charge in [0.1, 0.15) is 22.9 Å². The van der Waals surface area contributed by atoms with Crippen LogP contribution in [-0.2, 0) is 0 Å². The minimum absolute atomic E-state index is 1.06. The number of para-hydroxylation sites is 7. The third-order valence-corrected chi connectivity index (χ3v) is 11.3. The first kappa shape index (κ1) is 30.0. The van der Waals surface area contributed by atoms with Gasteiger partial charge in [0.25, 0.3) is 0 Å². The van der Waals surface area contributed by atoms with Crippen molar-refractivity contribution in [3.05, 3.63) is 200 Å². The van der Waals surface area contributed by atoms with Crippen molar-refractivity contribution in [3.8, 4) is 28.7 Å². The summed E-state index contributed by atoms with van der Waals surface area (Å²) in [6.45, 7) is 0. The van der Waals surface area contributed by atoms with Crippen LogP contribution in [0.4, 0.5) is 0 Å². The van der Waals surface area contributed by atoms with Gasteiger partial charge in [-0.15, -0.1) is 0 Å². The third-order valence-electron chi connectivity index (χ3n) is 11.3. The molecule has 5 heteroatoms. The standard InChI is InChI=1S/C50H33N5/c1-4-18-34(19-5-1)51-41-28-14-10-24-37(41)47-39-26-12-16-30-43(39)54(49(47)51)45-32-33-46(53(45)36-22-8-3-9-23-36)55-44-31-17-13-27-40(44)48-38-25-11-15-29-42(38)52(50(48)55)35-20-6-2-7-21-35/h1-33H. The summed E-state index contributed by atoms with van der Waals surface area (Å²) in [4.78, 5) is 0. The van der Waals surface area contributed by atoms with Crippen molar-refractivity contribution >= 4 is 65.7 Å². The first-order valence-electron chi connectivity index (χ1n) is 18.8. The minimum Gasteiger partial charge on any atom is -0.295 e. The lowest BCUT2D eigenvalue weighted by molar-refractivity contribution is 0.903. The Kier molecular flexibility index (Phi) is 6.27. The van der Waals surface area contributed by atoms with Crippen molar-refractivity contribution in [1.82, 2.24) is 22.8 Å². The Morgan fingerprint density at radius 2 is 0.491 bits per heavy atom. The van der Waals surface area contributed by atoms with Gasteiger partial charge in [0.15, 0.2) is 0 Å². The van der Waals surface area contributed by atoms with E-state index in [1.807, 2.05) is 0 Å². The van der Waals surface area contributed by atoms with Crippen molar-refractivity contribution in [3.63, 3.8) is 0 Å². The molecule has 0 bridgehead atoms. The van der Waals surface area contributed by atoms with Crippen LogP contribution in [0.25, 0.3) is 94.4 Å². The van der Waals surface area contributed by atoms with E-state index in [0.717, 1.165) is 51.0 Å². The van der Waals surface area contributed by atoms with Crippen molar-refractivity contribution in [2.24, 2.45) is 0 Å². The maximum absolute atomic E-state index is 2.48. The molecule has 0 saturated heterocycles. The smallest absolute Gasteiger partial charge is 0.132 e. The Morgan fingerprint density at radius 1 is 0.218 bits per heavy atom. The van der Waals surface area contributed by atoms with E-state index < -0.39 is 0 Å². The van der Waals surface area contributed by atoms with Gasteiger partial charge in [-0.25, -0.2) is 0 Å². The Labute approximate surface area is 316 Å². The predicted octanol–water partition coefficient (Wildman–Crippen LogP) is 12.6. The molecule has 0 N–H and O–H groups in total. The maximum Gasteiger partial charge on any atom is 0.132 e. The van der Waals surface area contributed by atoms with Gasteiger partial charge >= 0.3 is 0 Å². The quantitative estimate of drug-likeness (QED) is 0.170. The molecule has 0 aliphatic carbocycles. The summed E-state index contributed by atoms with van der Waals surface area (Å²) in [7, 11) is 0. The Morgan fingerprint density at radius 3 is 0.836 bits per heavy atom. The molecule has 12 aromatic rings. The van der Waals surface area contributed by atoms with Gasteiger partial charge < -0.3 is 0 Å². The van der Waals surface area contributed by atoms with Crippen LogP contribution >= 0.6 is 0 Å². The van der Waals surface area contributed by atoms with Crippen molar-refractivity contribution in [1.29, 1.82) is 0 Å². The molecule has 258 valence electrons. The molecule has 7 aromatic carbocycles. The highest BCUT2D eigenvalue weighted by molar-refractivity contribution is 6.23. The fraction of sp³-hybridized carbons (Fsp3) is 0. The predicted molar refractivity (Wildman–Crippen MR) is 228 cm³/mol. The lowest BCUT2D eigenvalue weighted by Gasteiger charge is -2.19. The Bertz CT molecular complexity index is 3200. The first-order chi connectivity index (χ1) is 27.4. The molecule has 0 unspecified atom stereocenters. The van der Waals surface area contributed by atoms with E-state index >= 15 is 0 Å². The van der Waals surface area contributed by atoms with E-state index in [0.29, 0.717) is 0 Å². The lowest BCUT2D eigenvalue weighted by atomic mass is 10.1. The van der Waals surface area contributed by atoms with Crippen molar-refractivity contribution in [2.75, 3.05) is 0 Å². The monoisotopic (exact) mass is 703 g/mol. The molecular weight excluding hydrogens is 671 g/mol. The second kappa shape index (κ2) is 11.5. The zero-order chi connectivity index (χ0) is 36.0. The van der Waals surface area contributed by atoms with Crippen molar-refractivity contribution < 1.29 is 0 Å². The number of hydrogen-bond donors (Lipinski definition) is 0. The minimum atomic E-state index is 1.06. The fourth-order valence-electron chi connectivity index (χ4n) is 9.14. The SMILES string of the molecule is c1ccc(-n2c(-n3c4ccccc4c4c5ccccc5n(-c5ccccc5)c43)ccc2-n2c3ccccc3c3c4ccccc4n(-c4ccccc4)c32)cc1. The van der Waals surface area contributed by atoms with Gasteiger partial charge in [-0.2, -0.15) is 0 Å². The summed E-state index contributed by atoms with van der Waals surface area (Å²) in [5, 5.41) is 7.41. The number of aromatic nitrogens is 5. The van der Waals surface area contributed by atoms with Gasteiger partial charge in [0.2, 0.25) is 0 Å². The molecule has 0 amide bonds. The molecule has 0 radical (unpaired) electrons. The summed E-state index contributed by atoms with van der Waals surface area (Å²) in [5.41, 5.74) is 10.3. The highest BCUT2D eigenvalue weighted by Gasteiger charge is 2.27. The Balaban J connectivity index is 1.28. The zero-order valence-corrected chi connectivity index (χ0v) is 29.8. The van der Waals surface area contributed by atoms with Crippen LogP contribution in [0.3, 0.4) is 0 Å².